The maximum absolute atomic E-state index is 6.26. The normalized spacial score (nSPS) is 12.6. The second kappa shape index (κ2) is 8.63. The van der Waals surface area contributed by atoms with Gasteiger partial charge in [0.2, 0.25) is 0 Å². The summed E-state index contributed by atoms with van der Waals surface area (Å²) in [5.74, 6) is 0. The van der Waals surface area contributed by atoms with Gasteiger partial charge in [0.05, 0.1) is 0 Å². The zero-order valence-corrected chi connectivity index (χ0v) is 22.2. The van der Waals surface area contributed by atoms with Gasteiger partial charge in [0.1, 0.15) is 15.7 Å². The summed E-state index contributed by atoms with van der Waals surface area (Å²) in [4.78, 5) is 0. The Morgan fingerprint density at radius 3 is 1.18 bits per heavy atom. The Labute approximate surface area is 208 Å². The van der Waals surface area contributed by atoms with E-state index in [1.165, 1.54) is 61.7 Å². The predicted octanol–water partition coefficient (Wildman–Crippen LogP) is 7.80. The molecule has 0 heterocycles. The maximum Gasteiger partial charge on any atom is 0.114 e. The molecule has 0 aliphatic carbocycles. The lowest BCUT2D eigenvalue weighted by Crippen LogP contribution is -2.30. The summed E-state index contributed by atoms with van der Waals surface area (Å²) in [5.41, 5.74) is 5.10. The maximum atomic E-state index is 6.26. The van der Waals surface area contributed by atoms with Crippen molar-refractivity contribution in [2.75, 3.05) is 0 Å². The predicted molar refractivity (Wildman–Crippen MR) is 156 cm³/mol. The molecule has 0 atom stereocenters. The smallest absolute Gasteiger partial charge is 0.0895 e. The molecule has 0 nitrogen and oxygen atoms in total. The summed E-state index contributed by atoms with van der Waals surface area (Å²) in [7, 11) is 12.5. The lowest BCUT2D eigenvalue weighted by Gasteiger charge is -2.40. The van der Waals surface area contributed by atoms with Gasteiger partial charge in [-0.05, 0) is 78.9 Å². The van der Waals surface area contributed by atoms with Gasteiger partial charge in [0.15, 0.2) is 0 Å². The first kappa shape index (κ1) is 24.6. The van der Waals surface area contributed by atoms with Crippen molar-refractivity contribution in [3.8, 4) is 0 Å². The molecule has 5 rings (SSSR count). The molecule has 0 amide bonds. The van der Waals surface area contributed by atoms with Gasteiger partial charge in [-0.2, -0.15) is 0 Å². The van der Waals surface area contributed by atoms with E-state index in [-0.39, 0.29) is 0 Å². The van der Waals surface area contributed by atoms with Crippen LogP contribution in [0.4, 0.5) is 0 Å². The standard InChI is InChI=1S/C22H14B2.C10H22/c1-11-3-5-13-15-7-9-17(23)22-18(24)10-8-16(21(15)22)14-6-4-12(2)19(11)20(13)14;1-7-9(3,4)10(5,6)8-2/h3-10H,1-2H3;7-8H2,1-6H3. The Bertz CT molecular complexity index is 1300. The van der Waals surface area contributed by atoms with Gasteiger partial charge in [-0.3, -0.25) is 0 Å². The van der Waals surface area contributed by atoms with Crippen LogP contribution >= 0.6 is 0 Å². The van der Waals surface area contributed by atoms with Crippen molar-refractivity contribution >= 4 is 69.7 Å². The van der Waals surface area contributed by atoms with Crippen LogP contribution in [0.3, 0.4) is 0 Å². The van der Waals surface area contributed by atoms with Crippen LogP contribution in [-0.2, 0) is 0 Å². The molecule has 2 heteroatoms. The molecule has 4 radical (unpaired) electrons. The van der Waals surface area contributed by atoms with Crippen molar-refractivity contribution in [1.82, 2.24) is 0 Å². The highest BCUT2D eigenvalue weighted by Gasteiger charge is 2.33. The highest BCUT2D eigenvalue weighted by atomic mass is 14.4. The number of hydrogen-bond donors (Lipinski definition) is 0. The molecule has 0 fully saturated rings. The van der Waals surface area contributed by atoms with Crippen LogP contribution in [0.2, 0.25) is 0 Å². The van der Waals surface area contributed by atoms with Gasteiger partial charge in [0.25, 0.3) is 0 Å². The third-order valence-corrected chi connectivity index (χ3v) is 8.98. The molecule has 0 aliphatic rings. The second-order valence-electron chi connectivity index (χ2n) is 11.2. The number of rotatable bonds is 3. The molecule has 0 unspecified atom stereocenters. The van der Waals surface area contributed by atoms with Crippen LogP contribution in [0.15, 0.2) is 48.5 Å². The highest BCUT2D eigenvalue weighted by Crippen LogP contribution is 2.43. The van der Waals surface area contributed by atoms with E-state index >= 15 is 0 Å². The Balaban J connectivity index is 0.000000235. The average Bonchev–Trinajstić information content (AvgIpc) is 2.81. The van der Waals surface area contributed by atoms with Crippen molar-refractivity contribution in [2.24, 2.45) is 10.8 Å². The van der Waals surface area contributed by atoms with Crippen LogP contribution in [0, 0.1) is 24.7 Å². The molecule has 0 saturated carbocycles. The monoisotopic (exact) mass is 442 g/mol. The third-order valence-electron chi connectivity index (χ3n) is 8.98. The van der Waals surface area contributed by atoms with Crippen LogP contribution < -0.4 is 10.9 Å². The number of aryl methyl sites for hydroxylation is 2. The Morgan fingerprint density at radius 2 is 0.824 bits per heavy atom. The number of fused-ring (bicyclic) bond motifs is 2. The fourth-order valence-electron chi connectivity index (χ4n) is 5.27. The summed E-state index contributed by atoms with van der Waals surface area (Å²) in [6.45, 7) is 18.4. The fraction of sp³-hybridized carbons (Fsp3) is 0.375. The lowest BCUT2D eigenvalue weighted by atomic mass is 9.65. The molecule has 0 saturated heterocycles. The van der Waals surface area contributed by atoms with E-state index in [4.69, 9.17) is 15.7 Å². The number of hydrogen-bond acceptors (Lipinski definition) is 0. The van der Waals surface area contributed by atoms with E-state index in [0.717, 1.165) is 16.3 Å². The third kappa shape index (κ3) is 3.71. The highest BCUT2D eigenvalue weighted by molar-refractivity contribution is 6.51. The molecule has 0 spiro atoms. The summed E-state index contributed by atoms with van der Waals surface area (Å²) >= 11 is 0. The Kier molecular flexibility index (Phi) is 6.26. The molecule has 0 N–H and O–H groups in total. The quantitative estimate of drug-likeness (QED) is 0.152. The van der Waals surface area contributed by atoms with E-state index in [1.807, 2.05) is 12.1 Å². The lowest BCUT2D eigenvalue weighted by molar-refractivity contribution is 0.0998. The first-order chi connectivity index (χ1) is 15.9. The van der Waals surface area contributed by atoms with Crippen molar-refractivity contribution in [2.45, 2.75) is 68.2 Å². The molecule has 5 aromatic carbocycles. The van der Waals surface area contributed by atoms with E-state index < -0.39 is 0 Å². The minimum Gasteiger partial charge on any atom is -0.0895 e. The van der Waals surface area contributed by atoms with Crippen LogP contribution in [0.25, 0.3) is 43.1 Å². The van der Waals surface area contributed by atoms with Gasteiger partial charge in [-0.25, -0.2) is 0 Å². The van der Waals surface area contributed by atoms with Gasteiger partial charge >= 0.3 is 0 Å². The minimum absolute atomic E-state index is 0.488. The van der Waals surface area contributed by atoms with Crippen molar-refractivity contribution in [3.05, 3.63) is 59.7 Å². The SMILES string of the molecule is CCC(C)(C)C(C)(C)CC.[B]c1ccc2c3ccc(C)c4c(C)ccc(c5ccc([B])c1c25)c43. The molecular weight excluding hydrogens is 406 g/mol. The van der Waals surface area contributed by atoms with E-state index in [1.54, 1.807) is 0 Å². The largest absolute Gasteiger partial charge is 0.114 e. The van der Waals surface area contributed by atoms with Crippen LogP contribution in [0.5, 0.6) is 0 Å². The van der Waals surface area contributed by atoms with Crippen molar-refractivity contribution in [3.63, 3.8) is 0 Å². The van der Waals surface area contributed by atoms with Gasteiger partial charge < -0.3 is 0 Å². The molecule has 170 valence electrons. The Hall–Kier alpha value is -2.47. The molecule has 34 heavy (non-hydrogen) atoms. The van der Waals surface area contributed by atoms with Crippen molar-refractivity contribution < 1.29 is 0 Å². The van der Waals surface area contributed by atoms with Gasteiger partial charge in [-0.15, -0.1) is 0 Å². The number of benzene rings is 5. The van der Waals surface area contributed by atoms with Crippen molar-refractivity contribution in [1.29, 1.82) is 0 Å². The first-order valence-corrected chi connectivity index (χ1v) is 12.6. The Morgan fingerprint density at radius 1 is 0.500 bits per heavy atom. The summed E-state index contributed by atoms with van der Waals surface area (Å²) in [5, 5.41) is 9.86. The molecule has 0 aliphatic heterocycles. The van der Waals surface area contributed by atoms with Crippen LogP contribution in [-0.4, -0.2) is 15.7 Å². The fourth-order valence-corrected chi connectivity index (χ4v) is 5.27. The minimum atomic E-state index is 0.488. The first-order valence-electron chi connectivity index (χ1n) is 12.6. The van der Waals surface area contributed by atoms with E-state index in [2.05, 4.69) is 91.8 Å². The summed E-state index contributed by atoms with van der Waals surface area (Å²) in [6.07, 6.45) is 2.54. The summed E-state index contributed by atoms with van der Waals surface area (Å²) in [6, 6.07) is 17.1. The molecular formula is C32H36B2. The molecule has 5 aromatic rings. The van der Waals surface area contributed by atoms with Gasteiger partial charge in [-0.1, -0.05) is 114 Å². The van der Waals surface area contributed by atoms with E-state index in [9.17, 15) is 0 Å². The molecule has 0 aromatic heterocycles. The zero-order chi connectivity index (χ0) is 25.0. The summed E-state index contributed by atoms with van der Waals surface area (Å²) < 4.78 is 0. The second-order valence-corrected chi connectivity index (χ2v) is 11.2. The van der Waals surface area contributed by atoms with Gasteiger partial charge in [0, 0.05) is 0 Å². The van der Waals surface area contributed by atoms with Crippen LogP contribution in [0.1, 0.15) is 65.5 Å². The zero-order valence-electron chi connectivity index (χ0n) is 22.2. The average molecular weight is 442 g/mol. The topological polar surface area (TPSA) is 0 Å². The van der Waals surface area contributed by atoms with E-state index in [0.29, 0.717) is 10.8 Å². The molecule has 0 bridgehead atoms.